The Balaban J connectivity index is 1.79. The third-order valence-electron chi connectivity index (χ3n) is 3.29. The molecular weight excluding hydrogens is 240 g/mol. The van der Waals surface area contributed by atoms with Gasteiger partial charge in [-0.2, -0.15) is 0 Å². The molecule has 0 amide bonds. The highest BCUT2D eigenvalue weighted by Gasteiger charge is 2.36. The van der Waals surface area contributed by atoms with Crippen LogP contribution in [0.2, 0.25) is 0 Å². The third-order valence-corrected chi connectivity index (χ3v) is 4.22. The Kier molecular flexibility index (Phi) is 3.76. The van der Waals surface area contributed by atoms with Crippen LogP contribution < -0.4 is 5.32 Å². The second kappa shape index (κ2) is 5.12. The smallest absolute Gasteiger partial charge is 0.324 e. The van der Waals surface area contributed by atoms with Crippen molar-refractivity contribution >= 4 is 16.3 Å². The lowest BCUT2D eigenvalue weighted by Crippen LogP contribution is -2.47. The van der Waals surface area contributed by atoms with Gasteiger partial charge in [0.25, 0.3) is 0 Å². The van der Waals surface area contributed by atoms with E-state index in [4.69, 9.17) is 4.74 Å². The molecule has 94 valence electrons. The van der Waals surface area contributed by atoms with E-state index in [-0.39, 0.29) is 15.5 Å². The molecule has 1 aliphatic rings. The quantitative estimate of drug-likeness (QED) is 0.626. The first-order chi connectivity index (χ1) is 8.15. The molecule has 5 nitrogen and oxygen atoms in total. The molecule has 1 saturated carbocycles. The normalized spacial score (nSPS) is 17.7. The van der Waals surface area contributed by atoms with Gasteiger partial charge in [-0.05, 0) is 24.8 Å². The fourth-order valence-corrected chi connectivity index (χ4v) is 2.74. The van der Waals surface area contributed by atoms with Crippen molar-refractivity contribution in [3.8, 4) is 0 Å². The second-order valence-electron chi connectivity index (χ2n) is 4.39. The average Bonchev–Trinajstić information content (AvgIpc) is 2.71. The van der Waals surface area contributed by atoms with Crippen molar-refractivity contribution in [2.24, 2.45) is 0 Å². The molecule has 0 bridgehead atoms. The van der Waals surface area contributed by atoms with Gasteiger partial charge >= 0.3 is 5.00 Å². The van der Waals surface area contributed by atoms with E-state index in [9.17, 15) is 10.1 Å². The average molecular weight is 256 g/mol. The van der Waals surface area contributed by atoms with Crippen LogP contribution in [0.5, 0.6) is 0 Å². The summed E-state index contributed by atoms with van der Waals surface area (Å²) >= 11 is 1.17. The van der Waals surface area contributed by atoms with Crippen LogP contribution in [0.15, 0.2) is 11.4 Å². The first-order valence-electron chi connectivity index (χ1n) is 5.63. The Morgan fingerprint density at radius 2 is 2.41 bits per heavy atom. The fourth-order valence-electron chi connectivity index (χ4n) is 2.01. The molecule has 6 heteroatoms. The number of thiophene rings is 1. The topological polar surface area (TPSA) is 64.4 Å². The summed E-state index contributed by atoms with van der Waals surface area (Å²) in [6.07, 6.45) is 3.42. The van der Waals surface area contributed by atoms with Crippen molar-refractivity contribution < 1.29 is 9.66 Å². The van der Waals surface area contributed by atoms with Crippen molar-refractivity contribution in [2.45, 2.75) is 31.4 Å². The Morgan fingerprint density at radius 1 is 1.65 bits per heavy atom. The number of hydrogen-bond acceptors (Lipinski definition) is 5. The van der Waals surface area contributed by atoms with Crippen LogP contribution in [-0.2, 0) is 11.3 Å². The zero-order chi connectivity index (χ0) is 12.3. The number of nitrogens with one attached hydrogen (secondary N) is 1. The van der Waals surface area contributed by atoms with Gasteiger partial charge in [0.05, 0.1) is 10.5 Å². The molecule has 0 aliphatic heterocycles. The van der Waals surface area contributed by atoms with E-state index in [1.54, 1.807) is 13.2 Å². The number of rotatable bonds is 6. The largest absolute Gasteiger partial charge is 0.377 e. The summed E-state index contributed by atoms with van der Waals surface area (Å²) in [6.45, 7) is 1.47. The molecule has 0 unspecified atom stereocenters. The van der Waals surface area contributed by atoms with Crippen molar-refractivity contribution in [3.63, 3.8) is 0 Å². The zero-order valence-electron chi connectivity index (χ0n) is 9.77. The van der Waals surface area contributed by atoms with Gasteiger partial charge in [0.1, 0.15) is 0 Å². The number of methoxy groups -OCH3 is 1. The van der Waals surface area contributed by atoms with Crippen molar-refractivity contribution in [1.29, 1.82) is 0 Å². The number of ether oxygens (including phenoxy) is 1. The van der Waals surface area contributed by atoms with Gasteiger partial charge in [0.15, 0.2) is 0 Å². The third kappa shape index (κ3) is 2.83. The lowest BCUT2D eigenvalue weighted by Gasteiger charge is -2.40. The Labute approximate surface area is 104 Å². The van der Waals surface area contributed by atoms with Crippen LogP contribution in [-0.4, -0.2) is 24.2 Å². The van der Waals surface area contributed by atoms with E-state index in [2.05, 4.69) is 5.32 Å². The van der Waals surface area contributed by atoms with Gasteiger partial charge in [-0.1, -0.05) is 11.3 Å². The van der Waals surface area contributed by atoms with E-state index >= 15 is 0 Å². The molecule has 17 heavy (non-hydrogen) atoms. The molecule has 2 rings (SSSR count). The van der Waals surface area contributed by atoms with Crippen molar-refractivity contribution in [1.82, 2.24) is 5.32 Å². The Hall–Kier alpha value is -0.980. The summed E-state index contributed by atoms with van der Waals surface area (Å²) < 4.78 is 5.49. The Morgan fingerprint density at radius 3 is 2.88 bits per heavy atom. The van der Waals surface area contributed by atoms with Crippen LogP contribution in [0.4, 0.5) is 5.00 Å². The summed E-state index contributed by atoms with van der Waals surface area (Å²) in [5.41, 5.74) is 0.967. The lowest BCUT2D eigenvalue weighted by molar-refractivity contribution is -0.380. The van der Waals surface area contributed by atoms with Crippen molar-refractivity contribution in [3.05, 3.63) is 27.1 Å². The zero-order valence-corrected chi connectivity index (χ0v) is 10.6. The minimum Gasteiger partial charge on any atom is -0.377 e. The molecule has 0 spiro atoms. The van der Waals surface area contributed by atoms with Gasteiger partial charge in [0, 0.05) is 31.6 Å². The van der Waals surface area contributed by atoms with Gasteiger partial charge in [0.2, 0.25) is 0 Å². The summed E-state index contributed by atoms with van der Waals surface area (Å²) in [7, 11) is 1.75. The predicted octanol–water partition coefficient (Wildman–Crippen LogP) is 2.32. The molecule has 1 heterocycles. The Bertz CT molecular complexity index is 396. The minimum absolute atomic E-state index is 0.00194. The molecule has 1 aromatic heterocycles. The van der Waals surface area contributed by atoms with E-state index in [1.165, 1.54) is 17.8 Å². The molecule has 1 fully saturated rings. The summed E-state index contributed by atoms with van der Waals surface area (Å²) in [4.78, 5) is 10.2. The standard InChI is InChI=1S/C11H16N2O3S/c1-16-11(3-2-4-11)8-12-6-9-5-10(13(14)15)17-7-9/h5,7,12H,2-4,6,8H2,1H3. The SMILES string of the molecule is COC1(CNCc2csc([N+](=O)[O-])c2)CCC1. The lowest BCUT2D eigenvalue weighted by atomic mass is 9.80. The maximum Gasteiger partial charge on any atom is 0.324 e. The first-order valence-corrected chi connectivity index (χ1v) is 6.51. The highest BCUT2D eigenvalue weighted by atomic mass is 32.1. The van der Waals surface area contributed by atoms with Crippen molar-refractivity contribution in [2.75, 3.05) is 13.7 Å². The second-order valence-corrected chi connectivity index (χ2v) is 5.28. The summed E-state index contributed by atoms with van der Waals surface area (Å²) in [5.74, 6) is 0. The van der Waals surface area contributed by atoms with Gasteiger partial charge in [-0.25, -0.2) is 0 Å². The van der Waals surface area contributed by atoms with Gasteiger partial charge in [-0.15, -0.1) is 0 Å². The molecule has 0 radical (unpaired) electrons. The van der Waals surface area contributed by atoms with E-state index in [1.807, 2.05) is 5.38 Å². The predicted molar refractivity (Wildman–Crippen MR) is 66.3 cm³/mol. The molecule has 0 atom stereocenters. The monoisotopic (exact) mass is 256 g/mol. The van der Waals surface area contributed by atoms with Crippen LogP contribution in [0, 0.1) is 10.1 Å². The maximum atomic E-state index is 10.5. The molecule has 1 aliphatic carbocycles. The van der Waals surface area contributed by atoms with Crippen LogP contribution in [0.25, 0.3) is 0 Å². The van der Waals surface area contributed by atoms with Crippen LogP contribution >= 0.6 is 11.3 Å². The molecule has 1 N–H and O–H groups in total. The van der Waals surface area contributed by atoms with E-state index < -0.39 is 0 Å². The van der Waals surface area contributed by atoms with Gasteiger partial charge in [-0.3, -0.25) is 10.1 Å². The van der Waals surface area contributed by atoms with E-state index in [0.717, 1.165) is 24.9 Å². The number of nitro groups is 1. The molecular formula is C11H16N2O3S. The first kappa shape index (κ1) is 12.5. The van der Waals surface area contributed by atoms with Crippen LogP contribution in [0.1, 0.15) is 24.8 Å². The van der Waals surface area contributed by atoms with E-state index in [0.29, 0.717) is 6.54 Å². The molecule has 1 aromatic rings. The number of nitrogens with zero attached hydrogens (tertiary/aromatic N) is 1. The summed E-state index contributed by atoms with van der Waals surface area (Å²) in [5, 5.41) is 15.9. The summed E-state index contributed by atoms with van der Waals surface area (Å²) in [6, 6.07) is 1.62. The van der Waals surface area contributed by atoms with Crippen LogP contribution in [0.3, 0.4) is 0 Å². The minimum atomic E-state index is -0.350. The molecule has 0 aromatic carbocycles. The highest BCUT2D eigenvalue weighted by molar-refractivity contribution is 7.13. The maximum absolute atomic E-state index is 10.5. The highest BCUT2D eigenvalue weighted by Crippen LogP contribution is 2.34. The number of hydrogen-bond donors (Lipinski definition) is 1. The molecule has 0 saturated heterocycles. The van der Waals surface area contributed by atoms with Gasteiger partial charge < -0.3 is 10.1 Å². The fraction of sp³-hybridized carbons (Fsp3) is 0.636.